The first kappa shape index (κ1) is 26.2. The maximum Gasteiger partial charge on any atom is 0.279 e. The Balaban J connectivity index is 1.74. The lowest BCUT2D eigenvalue weighted by molar-refractivity contribution is 0.00206. The molecule has 1 aliphatic heterocycles. The molecule has 3 unspecified atom stereocenters. The highest BCUT2D eigenvalue weighted by molar-refractivity contribution is 7.88. The summed E-state index contributed by atoms with van der Waals surface area (Å²) in [7, 11) is 1.63. The number of allylic oxidation sites excluding steroid dienone is 1. The third-order valence-electron chi connectivity index (χ3n) is 5.22. The predicted octanol–water partition coefficient (Wildman–Crippen LogP) is 1.91. The standard InChI is InChI=1S/C21H29F2N7O3S/c1-32-5-6-33-15-7-14(9-28-34(2)31)11-30(12-15)20-8-17(26-13-27-20)18-10-25-19(29-18)4-3-16(24)21(22)23/h3-4,8,10,13-15,21,24,28H,5-7,9,11-12H2,1-2H3,(H,25,29)/b4-3-,24-16?. The van der Waals surface area contributed by atoms with Crippen molar-refractivity contribution in [1.29, 1.82) is 5.41 Å². The van der Waals surface area contributed by atoms with Crippen molar-refractivity contribution < 1.29 is 22.8 Å². The highest BCUT2D eigenvalue weighted by atomic mass is 32.2. The van der Waals surface area contributed by atoms with Crippen LogP contribution in [-0.4, -0.2) is 88.9 Å². The molecule has 0 bridgehead atoms. The second-order valence-corrected chi connectivity index (χ2v) is 9.02. The van der Waals surface area contributed by atoms with Crippen LogP contribution in [0.15, 0.2) is 24.7 Å². The zero-order valence-electron chi connectivity index (χ0n) is 19.0. The fraction of sp³-hybridized carbons (Fsp3) is 0.524. The lowest BCUT2D eigenvalue weighted by Crippen LogP contribution is -2.48. The van der Waals surface area contributed by atoms with E-state index in [1.54, 1.807) is 19.6 Å². The molecule has 0 amide bonds. The highest BCUT2D eigenvalue weighted by Crippen LogP contribution is 2.26. The number of aromatic nitrogens is 4. The van der Waals surface area contributed by atoms with Crippen LogP contribution in [0.1, 0.15) is 12.2 Å². The van der Waals surface area contributed by atoms with E-state index in [2.05, 4.69) is 29.6 Å². The summed E-state index contributed by atoms with van der Waals surface area (Å²) in [6.07, 6.45) is 4.90. The summed E-state index contributed by atoms with van der Waals surface area (Å²) in [5, 5.41) is 7.20. The SMILES string of the molecule is COCCOC1CC(CN[S+](C)[O-])CN(c2cc(-c3cnc(/C=C\C(=N)C(F)F)[nH]3)ncn2)C1. The van der Waals surface area contributed by atoms with Gasteiger partial charge < -0.3 is 23.9 Å². The first-order chi connectivity index (χ1) is 16.4. The molecule has 0 aromatic carbocycles. The number of nitrogens with one attached hydrogen (secondary N) is 3. The molecular weight excluding hydrogens is 468 g/mol. The number of rotatable bonds is 12. The van der Waals surface area contributed by atoms with Crippen molar-refractivity contribution in [3.63, 3.8) is 0 Å². The number of nitrogens with zero attached hydrogens (tertiary/aromatic N) is 4. The molecule has 3 heterocycles. The highest BCUT2D eigenvalue weighted by Gasteiger charge is 2.29. The maximum absolute atomic E-state index is 12.5. The van der Waals surface area contributed by atoms with Gasteiger partial charge in [-0.2, -0.15) is 0 Å². The summed E-state index contributed by atoms with van der Waals surface area (Å²) in [5.74, 6) is 1.25. The molecule has 1 aliphatic rings. The molecule has 34 heavy (non-hydrogen) atoms. The van der Waals surface area contributed by atoms with Crippen molar-refractivity contribution in [1.82, 2.24) is 24.7 Å². The zero-order chi connectivity index (χ0) is 24.5. The molecule has 2 aromatic heterocycles. The number of halogens is 2. The van der Waals surface area contributed by atoms with Crippen LogP contribution < -0.4 is 9.62 Å². The normalized spacial score (nSPS) is 19.8. The quantitative estimate of drug-likeness (QED) is 0.230. The number of ether oxygens (including phenoxy) is 2. The van der Waals surface area contributed by atoms with Crippen LogP contribution in [0.2, 0.25) is 0 Å². The van der Waals surface area contributed by atoms with Gasteiger partial charge in [-0.1, -0.05) is 0 Å². The summed E-state index contributed by atoms with van der Waals surface area (Å²) in [6.45, 7) is 2.92. The summed E-state index contributed by atoms with van der Waals surface area (Å²) in [5.41, 5.74) is 0.398. The smallest absolute Gasteiger partial charge is 0.279 e. The van der Waals surface area contributed by atoms with Crippen molar-refractivity contribution in [2.75, 3.05) is 51.1 Å². The summed E-state index contributed by atoms with van der Waals surface area (Å²) in [6, 6.07) is 1.82. The molecule has 2 aromatic rings. The largest absolute Gasteiger partial charge is 0.598 e. The predicted molar refractivity (Wildman–Crippen MR) is 126 cm³/mol. The molecular formula is C21H29F2N7O3S. The third kappa shape index (κ3) is 7.81. The Morgan fingerprint density at radius 3 is 2.94 bits per heavy atom. The Morgan fingerprint density at radius 1 is 1.38 bits per heavy atom. The minimum absolute atomic E-state index is 0.0338. The number of H-pyrrole nitrogens is 1. The molecule has 1 saturated heterocycles. The van der Waals surface area contributed by atoms with Crippen LogP contribution in [0.3, 0.4) is 0 Å². The molecule has 0 aliphatic carbocycles. The number of piperidine rings is 1. The van der Waals surface area contributed by atoms with Gasteiger partial charge in [0.25, 0.3) is 6.43 Å². The first-order valence-corrected chi connectivity index (χ1v) is 12.3. The molecule has 3 atom stereocenters. The van der Waals surface area contributed by atoms with E-state index >= 15 is 0 Å². The van der Waals surface area contributed by atoms with E-state index in [-0.39, 0.29) is 12.0 Å². The van der Waals surface area contributed by atoms with Crippen LogP contribution in [0.4, 0.5) is 14.6 Å². The molecule has 13 heteroatoms. The maximum atomic E-state index is 12.5. The number of hydrogen-bond acceptors (Lipinski definition) is 9. The fourth-order valence-electron chi connectivity index (χ4n) is 3.60. The minimum atomic E-state index is -2.83. The second kappa shape index (κ2) is 12.9. The van der Waals surface area contributed by atoms with Crippen molar-refractivity contribution >= 4 is 29.0 Å². The van der Waals surface area contributed by atoms with Crippen LogP contribution in [0.5, 0.6) is 0 Å². The second-order valence-electron chi connectivity index (χ2n) is 7.83. The zero-order valence-corrected chi connectivity index (χ0v) is 19.9. The van der Waals surface area contributed by atoms with E-state index in [0.717, 1.165) is 12.5 Å². The Kier molecular flexibility index (Phi) is 9.89. The van der Waals surface area contributed by atoms with Crippen molar-refractivity contribution in [3.8, 4) is 11.4 Å². The summed E-state index contributed by atoms with van der Waals surface area (Å²) >= 11 is -1.10. The van der Waals surface area contributed by atoms with Gasteiger partial charge in [-0.15, -0.1) is 4.72 Å². The van der Waals surface area contributed by atoms with Gasteiger partial charge in [0.2, 0.25) is 0 Å². The van der Waals surface area contributed by atoms with E-state index in [4.69, 9.17) is 14.9 Å². The van der Waals surface area contributed by atoms with Gasteiger partial charge in [-0.25, -0.2) is 23.7 Å². The minimum Gasteiger partial charge on any atom is -0.598 e. The number of imidazole rings is 1. The average molecular weight is 498 g/mol. The first-order valence-electron chi connectivity index (χ1n) is 10.7. The van der Waals surface area contributed by atoms with Gasteiger partial charge in [-0.3, -0.25) is 5.41 Å². The molecule has 3 N–H and O–H groups in total. The van der Waals surface area contributed by atoms with E-state index in [0.29, 0.717) is 55.9 Å². The summed E-state index contributed by atoms with van der Waals surface area (Å²) in [4.78, 5) is 18.0. The fourth-order valence-corrected chi connectivity index (χ4v) is 4.07. The number of anilines is 1. The number of alkyl halides is 2. The Hall–Kier alpha value is -2.45. The van der Waals surface area contributed by atoms with Gasteiger partial charge in [0.15, 0.2) is 0 Å². The molecule has 1 fully saturated rings. The van der Waals surface area contributed by atoms with E-state index in [1.807, 2.05) is 6.07 Å². The van der Waals surface area contributed by atoms with Crippen molar-refractivity contribution in [3.05, 3.63) is 30.5 Å². The van der Waals surface area contributed by atoms with Gasteiger partial charge in [0, 0.05) is 44.2 Å². The molecule has 0 radical (unpaired) electrons. The van der Waals surface area contributed by atoms with Gasteiger partial charge in [0.1, 0.15) is 24.2 Å². The average Bonchev–Trinajstić information content (AvgIpc) is 3.30. The van der Waals surface area contributed by atoms with Crippen LogP contribution in [-0.2, 0) is 20.8 Å². The van der Waals surface area contributed by atoms with Crippen LogP contribution in [0.25, 0.3) is 17.5 Å². The Morgan fingerprint density at radius 2 is 2.21 bits per heavy atom. The van der Waals surface area contributed by atoms with Crippen LogP contribution >= 0.6 is 0 Å². The monoisotopic (exact) mass is 497 g/mol. The third-order valence-corrected chi connectivity index (χ3v) is 5.79. The topological polar surface area (TPSA) is 135 Å². The number of aromatic amines is 1. The van der Waals surface area contributed by atoms with Gasteiger partial charge in [0.05, 0.1) is 42.6 Å². The lowest BCUT2D eigenvalue weighted by atomic mass is 9.96. The van der Waals surface area contributed by atoms with Crippen molar-refractivity contribution in [2.45, 2.75) is 19.0 Å². The van der Waals surface area contributed by atoms with Gasteiger partial charge >= 0.3 is 0 Å². The summed E-state index contributed by atoms with van der Waals surface area (Å²) < 4.78 is 50.5. The molecule has 0 spiro atoms. The van der Waals surface area contributed by atoms with Gasteiger partial charge in [-0.05, 0) is 24.5 Å². The lowest BCUT2D eigenvalue weighted by Gasteiger charge is -2.38. The van der Waals surface area contributed by atoms with E-state index < -0.39 is 23.5 Å². The molecule has 3 rings (SSSR count). The van der Waals surface area contributed by atoms with E-state index in [9.17, 15) is 13.3 Å². The van der Waals surface area contributed by atoms with Crippen LogP contribution in [0, 0.1) is 11.3 Å². The number of hydrogen-bond donors (Lipinski definition) is 3. The number of methoxy groups -OCH3 is 1. The van der Waals surface area contributed by atoms with E-state index in [1.165, 1.54) is 12.4 Å². The molecule has 10 nitrogen and oxygen atoms in total. The Bertz CT molecular complexity index is 960. The molecule has 0 saturated carbocycles. The molecule has 186 valence electrons. The van der Waals surface area contributed by atoms with Crippen molar-refractivity contribution in [2.24, 2.45) is 5.92 Å². The Labute approximate surface area is 200 Å².